The third-order valence-corrected chi connectivity index (χ3v) is 11.0. The lowest BCUT2D eigenvalue weighted by atomic mass is 9.46. The van der Waals surface area contributed by atoms with Crippen molar-refractivity contribution < 1.29 is 14.7 Å². The van der Waals surface area contributed by atoms with E-state index >= 15 is 0 Å². The molecule has 4 rings (SSSR count). The molecule has 4 aliphatic carbocycles. The summed E-state index contributed by atoms with van der Waals surface area (Å²) in [5.41, 5.74) is 2.88. The van der Waals surface area contributed by atoms with Gasteiger partial charge in [-0.25, -0.2) is 0 Å². The summed E-state index contributed by atoms with van der Waals surface area (Å²) < 4.78 is 0. The van der Waals surface area contributed by atoms with Gasteiger partial charge >= 0.3 is 5.97 Å². The van der Waals surface area contributed by atoms with E-state index in [2.05, 4.69) is 34.6 Å². The van der Waals surface area contributed by atoms with Crippen molar-refractivity contribution in [3.63, 3.8) is 0 Å². The zero-order valence-corrected chi connectivity index (χ0v) is 21.9. The maximum absolute atomic E-state index is 12.8. The lowest BCUT2D eigenvalue weighted by Crippen LogP contribution is -2.51. The van der Waals surface area contributed by atoms with E-state index in [1.807, 2.05) is 0 Å². The van der Waals surface area contributed by atoms with Gasteiger partial charge in [-0.2, -0.15) is 0 Å². The van der Waals surface area contributed by atoms with Crippen LogP contribution in [0.4, 0.5) is 0 Å². The predicted octanol–water partition coefficient (Wildman–Crippen LogP) is 7.83. The van der Waals surface area contributed by atoms with E-state index in [9.17, 15) is 14.7 Å². The second-order valence-electron chi connectivity index (χ2n) is 13.1. The van der Waals surface area contributed by atoms with E-state index in [1.54, 1.807) is 0 Å². The van der Waals surface area contributed by atoms with Crippen molar-refractivity contribution in [3.05, 3.63) is 11.1 Å². The normalized spacial score (nSPS) is 39.3. The number of aliphatic carboxylic acids is 1. The quantitative estimate of drug-likeness (QED) is 0.405. The Balaban J connectivity index is 1.53. The molecule has 0 heterocycles. The van der Waals surface area contributed by atoms with Gasteiger partial charge in [0.1, 0.15) is 0 Å². The average molecular weight is 457 g/mol. The van der Waals surface area contributed by atoms with Crippen LogP contribution in [0.3, 0.4) is 0 Å². The first-order chi connectivity index (χ1) is 15.6. The fourth-order valence-electron chi connectivity index (χ4n) is 9.37. The molecule has 0 unspecified atom stereocenters. The summed E-state index contributed by atoms with van der Waals surface area (Å²) in [6, 6.07) is 0. The summed E-state index contributed by atoms with van der Waals surface area (Å²) in [6.07, 6.45) is 14.0. The minimum absolute atomic E-state index is 0.0891. The number of carbonyl (C=O) groups is 2. The van der Waals surface area contributed by atoms with E-state index in [1.165, 1.54) is 56.9 Å². The van der Waals surface area contributed by atoms with Crippen LogP contribution in [-0.4, -0.2) is 16.9 Å². The van der Waals surface area contributed by atoms with Crippen LogP contribution in [0.2, 0.25) is 0 Å². The Morgan fingerprint density at radius 3 is 2.45 bits per heavy atom. The molecule has 3 nitrogen and oxygen atoms in total. The van der Waals surface area contributed by atoms with Crippen molar-refractivity contribution in [1.29, 1.82) is 0 Å². The molecule has 0 spiro atoms. The van der Waals surface area contributed by atoms with Crippen LogP contribution in [0.25, 0.3) is 0 Å². The number of carbonyl (C=O) groups excluding carboxylic acids is 1. The molecule has 0 aromatic rings. The van der Waals surface area contributed by atoms with Crippen LogP contribution in [0.1, 0.15) is 118 Å². The van der Waals surface area contributed by atoms with Crippen molar-refractivity contribution in [3.8, 4) is 0 Å². The molecule has 3 fully saturated rings. The summed E-state index contributed by atoms with van der Waals surface area (Å²) in [7, 11) is 0. The highest BCUT2D eigenvalue weighted by Gasteiger charge is 2.59. The lowest BCUT2D eigenvalue weighted by molar-refractivity contribution is -0.137. The van der Waals surface area contributed by atoms with Crippen LogP contribution in [-0.2, 0) is 9.59 Å². The van der Waals surface area contributed by atoms with E-state index in [4.69, 9.17) is 0 Å². The lowest BCUT2D eigenvalue weighted by Gasteiger charge is -2.59. The summed E-state index contributed by atoms with van der Waals surface area (Å²) in [4.78, 5) is 24.0. The zero-order chi connectivity index (χ0) is 24.0. The number of hydrogen-bond acceptors (Lipinski definition) is 2. The van der Waals surface area contributed by atoms with Gasteiger partial charge in [-0.15, -0.1) is 0 Å². The molecular formula is C30H48O3. The Hall–Kier alpha value is -1.12. The van der Waals surface area contributed by atoms with Crippen LogP contribution >= 0.6 is 0 Å². The molecule has 186 valence electrons. The maximum atomic E-state index is 12.8. The van der Waals surface area contributed by atoms with Gasteiger partial charge in [0.2, 0.25) is 0 Å². The molecule has 33 heavy (non-hydrogen) atoms. The van der Waals surface area contributed by atoms with Gasteiger partial charge in [-0.1, -0.05) is 59.5 Å². The second-order valence-corrected chi connectivity index (χ2v) is 13.1. The number of carboxylic acid groups (broad SMARTS) is 1. The van der Waals surface area contributed by atoms with Crippen molar-refractivity contribution in [2.75, 3.05) is 0 Å². The average Bonchev–Trinajstić information content (AvgIpc) is 3.10. The standard InChI is InChI=1S/C30H48O3/c1-19(2)7-6-8-20(3)23-12-13-24-21-9-11-25-22(10-14-28(32)33)27(31)16-18-30(25,5)26(21)15-17-29(23,24)4/h19-21,23-24,26H,6-18H2,1-5H3,(H,32,33)/t20-,21-,23+,24-,26-,29+,30-/m0/s1. The summed E-state index contributed by atoms with van der Waals surface area (Å²) in [6.45, 7) is 12.3. The van der Waals surface area contributed by atoms with Crippen LogP contribution < -0.4 is 0 Å². The maximum Gasteiger partial charge on any atom is 0.303 e. The zero-order valence-electron chi connectivity index (χ0n) is 21.9. The molecule has 0 saturated heterocycles. The molecule has 1 N–H and O–H groups in total. The molecule has 3 heteroatoms. The first-order valence-corrected chi connectivity index (χ1v) is 14.1. The highest BCUT2D eigenvalue weighted by Crippen LogP contribution is 2.68. The van der Waals surface area contributed by atoms with Gasteiger partial charge in [0, 0.05) is 12.8 Å². The van der Waals surface area contributed by atoms with Crippen molar-refractivity contribution in [2.45, 2.75) is 118 Å². The van der Waals surface area contributed by atoms with Crippen molar-refractivity contribution in [1.82, 2.24) is 0 Å². The van der Waals surface area contributed by atoms with Gasteiger partial charge in [0.15, 0.2) is 5.78 Å². The third kappa shape index (κ3) is 4.47. The highest BCUT2D eigenvalue weighted by molar-refractivity contribution is 5.97. The van der Waals surface area contributed by atoms with E-state index < -0.39 is 5.97 Å². The van der Waals surface area contributed by atoms with E-state index in [0.717, 1.165) is 48.0 Å². The Labute approximate surface area is 202 Å². The molecular weight excluding hydrogens is 408 g/mol. The number of allylic oxidation sites excluding steroid dienone is 1. The summed E-state index contributed by atoms with van der Waals surface area (Å²) in [5.74, 6) is 4.28. The van der Waals surface area contributed by atoms with Crippen molar-refractivity contribution >= 4 is 11.8 Å². The minimum atomic E-state index is -0.787. The molecule has 7 atom stereocenters. The monoisotopic (exact) mass is 456 g/mol. The largest absolute Gasteiger partial charge is 0.481 e. The van der Waals surface area contributed by atoms with Gasteiger partial charge in [-0.05, 0) is 103 Å². The molecule has 0 radical (unpaired) electrons. The highest BCUT2D eigenvalue weighted by atomic mass is 16.4. The summed E-state index contributed by atoms with van der Waals surface area (Å²) in [5, 5.41) is 9.23. The van der Waals surface area contributed by atoms with E-state index in [0.29, 0.717) is 24.2 Å². The number of ketones is 1. The minimum Gasteiger partial charge on any atom is -0.481 e. The number of fused-ring (bicyclic) bond motifs is 5. The Morgan fingerprint density at radius 1 is 1.00 bits per heavy atom. The topological polar surface area (TPSA) is 54.4 Å². The molecule has 0 bridgehead atoms. The number of hydrogen-bond donors (Lipinski definition) is 1. The van der Waals surface area contributed by atoms with Crippen molar-refractivity contribution in [2.24, 2.45) is 46.3 Å². The SMILES string of the molecule is CC(C)CCC[C@H](C)[C@H]1CC[C@H]2[C@@H]3CCC4=C(CCC(=O)O)C(=O)CC[C@]4(C)[C@H]3CC[C@]12C. The fraction of sp³-hybridized carbons (Fsp3) is 0.867. The van der Waals surface area contributed by atoms with E-state index in [-0.39, 0.29) is 17.6 Å². The smallest absolute Gasteiger partial charge is 0.303 e. The molecule has 0 aliphatic heterocycles. The Morgan fingerprint density at radius 2 is 1.76 bits per heavy atom. The molecule has 4 aliphatic rings. The molecule has 0 aromatic carbocycles. The number of rotatable bonds is 8. The third-order valence-electron chi connectivity index (χ3n) is 11.0. The van der Waals surface area contributed by atoms with Gasteiger partial charge < -0.3 is 5.11 Å². The number of carboxylic acids is 1. The van der Waals surface area contributed by atoms with Crippen LogP contribution in [0, 0.1) is 46.3 Å². The van der Waals surface area contributed by atoms with Gasteiger partial charge in [0.25, 0.3) is 0 Å². The molecule has 0 amide bonds. The predicted molar refractivity (Wildman–Crippen MR) is 134 cm³/mol. The first kappa shape index (κ1) is 25.0. The Bertz CT molecular complexity index is 794. The molecule has 0 aromatic heterocycles. The summed E-state index contributed by atoms with van der Waals surface area (Å²) >= 11 is 0. The van der Waals surface area contributed by atoms with Gasteiger partial charge in [0.05, 0.1) is 0 Å². The van der Waals surface area contributed by atoms with Crippen LogP contribution in [0.15, 0.2) is 11.1 Å². The number of Topliss-reactive ketones (excluding diaryl/α,β-unsaturated/α-hetero) is 1. The fourth-order valence-corrected chi connectivity index (χ4v) is 9.37. The first-order valence-electron chi connectivity index (χ1n) is 14.1. The van der Waals surface area contributed by atoms with Crippen LogP contribution in [0.5, 0.6) is 0 Å². The Kier molecular flexibility index (Phi) is 7.19. The second kappa shape index (κ2) is 9.50. The van der Waals surface area contributed by atoms with Gasteiger partial charge in [-0.3, -0.25) is 9.59 Å². The molecule has 3 saturated carbocycles.